The number of hydrogen-bond acceptors (Lipinski definition) is 5. The second kappa shape index (κ2) is 7.96. The van der Waals surface area contributed by atoms with Gasteiger partial charge in [-0.15, -0.1) is 0 Å². The molecule has 1 aliphatic rings. The molecule has 0 saturated heterocycles. The van der Waals surface area contributed by atoms with Crippen LogP contribution in [-0.2, 0) is 4.79 Å². The third-order valence-electron chi connectivity index (χ3n) is 4.27. The lowest BCUT2D eigenvalue weighted by atomic mass is 9.95. The van der Waals surface area contributed by atoms with Gasteiger partial charge in [-0.3, -0.25) is 4.79 Å². The van der Waals surface area contributed by atoms with Crippen LogP contribution in [0.15, 0.2) is 30.3 Å². The van der Waals surface area contributed by atoms with Crippen molar-refractivity contribution in [2.75, 3.05) is 16.0 Å². The Morgan fingerprint density at radius 2 is 1.72 bits per heavy atom. The number of aryl methyl sites for hydroxylation is 1. The van der Waals surface area contributed by atoms with Crippen molar-refractivity contribution in [3.8, 4) is 0 Å². The Morgan fingerprint density at radius 1 is 1.04 bits per heavy atom. The molecule has 1 aromatic heterocycles. The number of hydrogen-bond donors (Lipinski definition) is 3. The topological polar surface area (TPSA) is 78.9 Å². The van der Waals surface area contributed by atoms with Crippen LogP contribution in [0.5, 0.6) is 0 Å². The second-order valence-corrected chi connectivity index (χ2v) is 6.58. The molecular weight excluding hydrogens is 314 g/mol. The Morgan fingerprint density at radius 3 is 2.40 bits per heavy atom. The van der Waals surface area contributed by atoms with Crippen LogP contribution in [0.25, 0.3) is 0 Å². The van der Waals surface area contributed by atoms with Crippen LogP contribution in [0, 0.1) is 6.92 Å². The molecule has 1 heterocycles. The van der Waals surface area contributed by atoms with E-state index in [1.807, 2.05) is 37.3 Å². The third kappa shape index (κ3) is 5.17. The van der Waals surface area contributed by atoms with Crippen molar-refractivity contribution in [1.29, 1.82) is 0 Å². The molecule has 0 aliphatic heterocycles. The minimum atomic E-state index is -0.0823. The fourth-order valence-corrected chi connectivity index (χ4v) is 3.12. The summed E-state index contributed by atoms with van der Waals surface area (Å²) in [5.41, 5.74) is 2.57. The van der Waals surface area contributed by atoms with Crippen molar-refractivity contribution in [1.82, 2.24) is 9.97 Å². The summed E-state index contributed by atoms with van der Waals surface area (Å²) in [5.74, 6) is 1.36. The van der Waals surface area contributed by atoms with Crippen molar-refractivity contribution in [3.63, 3.8) is 0 Å². The summed E-state index contributed by atoms with van der Waals surface area (Å²) in [6.45, 7) is 3.46. The van der Waals surface area contributed by atoms with Crippen molar-refractivity contribution in [2.24, 2.45) is 0 Å². The van der Waals surface area contributed by atoms with E-state index < -0.39 is 0 Å². The first-order valence-corrected chi connectivity index (χ1v) is 8.85. The molecule has 0 spiro atoms. The average molecular weight is 339 g/mol. The molecule has 1 aromatic carbocycles. The number of nitrogens with zero attached hydrogens (tertiary/aromatic N) is 2. The summed E-state index contributed by atoms with van der Waals surface area (Å²) < 4.78 is 0. The van der Waals surface area contributed by atoms with E-state index in [9.17, 15) is 4.79 Å². The van der Waals surface area contributed by atoms with Crippen LogP contribution in [-0.4, -0.2) is 21.9 Å². The molecule has 132 valence electrons. The van der Waals surface area contributed by atoms with Crippen LogP contribution in [0.2, 0.25) is 0 Å². The minimum Gasteiger partial charge on any atom is -0.367 e. The van der Waals surface area contributed by atoms with E-state index in [0.717, 1.165) is 22.9 Å². The number of carbonyl (C=O) groups is 1. The summed E-state index contributed by atoms with van der Waals surface area (Å²) >= 11 is 0. The molecule has 0 bridgehead atoms. The quantitative estimate of drug-likeness (QED) is 0.759. The van der Waals surface area contributed by atoms with Gasteiger partial charge in [-0.1, -0.05) is 19.3 Å². The lowest BCUT2D eigenvalue weighted by Gasteiger charge is -2.23. The average Bonchev–Trinajstić information content (AvgIpc) is 2.56. The fraction of sp³-hybridized carbons (Fsp3) is 0.421. The predicted octanol–water partition coefficient (Wildman–Crippen LogP) is 4.23. The van der Waals surface area contributed by atoms with Crippen molar-refractivity contribution < 1.29 is 4.79 Å². The number of benzene rings is 1. The highest BCUT2D eigenvalue weighted by molar-refractivity contribution is 5.88. The maximum atomic E-state index is 11.1. The van der Waals surface area contributed by atoms with Gasteiger partial charge in [0.15, 0.2) is 0 Å². The van der Waals surface area contributed by atoms with E-state index in [1.165, 1.54) is 39.0 Å². The molecule has 1 amide bonds. The predicted molar refractivity (Wildman–Crippen MR) is 101 cm³/mol. The maximum Gasteiger partial charge on any atom is 0.229 e. The molecule has 1 fully saturated rings. The third-order valence-corrected chi connectivity index (χ3v) is 4.27. The molecule has 2 aromatic rings. The number of amides is 1. The largest absolute Gasteiger partial charge is 0.367 e. The normalized spacial score (nSPS) is 14.8. The Bertz CT molecular complexity index is 723. The second-order valence-electron chi connectivity index (χ2n) is 6.58. The van der Waals surface area contributed by atoms with Gasteiger partial charge >= 0.3 is 0 Å². The smallest absolute Gasteiger partial charge is 0.229 e. The molecule has 1 aliphatic carbocycles. The summed E-state index contributed by atoms with van der Waals surface area (Å²) in [6, 6.07) is 9.98. The van der Waals surface area contributed by atoms with Gasteiger partial charge < -0.3 is 16.0 Å². The Kier molecular flexibility index (Phi) is 5.48. The van der Waals surface area contributed by atoms with E-state index in [4.69, 9.17) is 0 Å². The highest BCUT2D eigenvalue weighted by Gasteiger charge is 2.14. The van der Waals surface area contributed by atoms with Crippen LogP contribution in [0.3, 0.4) is 0 Å². The summed E-state index contributed by atoms with van der Waals surface area (Å²) in [5, 5.41) is 9.52. The molecule has 6 heteroatoms. The number of anilines is 4. The number of nitrogens with one attached hydrogen (secondary N) is 3. The van der Waals surface area contributed by atoms with Gasteiger partial charge in [0.05, 0.1) is 0 Å². The number of carbonyl (C=O) groups excluding carboxylic acids is 1. The highest BCUT2D eigenvalue weighted by Crippen LogP contribution is 2.23. The van der Waals surface area contributed by atoms with E-state index >= 15 is 0 Å². The lowest BCUT2D eigenvalue weighted by Crippen LogP contribution is -2.23. The van der Waals surface area contributed by atoms with Gasteiger partial charge in [-0.25, -0.2) is 4.98 Å². The molecular formula is C19H25N5O. The number of aromatic nitrogens is 2. The molecule has 6 nitrogen and oxygen atoms in total. The summed E-state index contributed by atoms with van der Waals surface area (Å²) in [6.07, 6.45) is 6.32. The van der Waals surface area contributed by atoms with Crippen LogP contribution in [0.1, 0.15) is 44.7 Å². The van der Waals surface area contributed by atoms with Crippen LogP contribution < -0.4 is 16.0 Å². The SMILES string of the molecule is CC(=O)Nc1ccc(Nc2nc(C)cc(NC3CCCCC3)n2)cc1. The molecule has 0 unspecified atom stereocenters. The first-order chi connectivity index (χ1) is 12.1. The minimum absolute atomic E-state index is 0.0823. The maximum absolute atomic E-state index is 11.1. The van der Waals surface area contributed by atoms with E-state index in [1.54, 1.807) is 0 Å². The molecule has 3 rings (SSSR count). The van der Waals surface area contributed by atoms with Crippen molar-refractivity contribution >= 4 is 29.0 Å². The van der Waals surface area contributed by atoms with Gasteiger partial charge in [0.25, 0.3) is 0 Å². The molecule has 0 atom stereocenters. The van der Waals surface area contributed by atoms with E-state index in [-0.39, 0.29) is 5.91 Å². The van der Waals surface area contributed by atoms with Crippen LogP contribution in [0.4, 0.5) is 23.1 Å². The molecule has 3 N–H and O–H groups in total. The van der Waals surface area contributed by atoms with Gasteiger partial charge in [0.2, 0.25) is 11.9 Å². The summed E-state index contributed by atoms with van der Waals surface area (Å²) in [4.78, 5) is 20.1. The Hall–Kier alpha value is -2.63. The van der Waals surface area contributed by atoms with Gasteiger partial charge in [-0.2, -0.15) is 4.98 Å². The monoisotopic (exact) mass is 339 g/mol. The molecule has 0 radical (unpaired) electrons. The first-order valence-electron chi connectivity index (χ1n) is 8.85. The highest BCUT2D eigenvalue weighted by atomic mass is 16.1. The van der Waals surface area contributed by atoms with Gasteiger partial charge in [0, 0.05) is 36.1 Å². The zero-order valence-corrected chi connectivity index (χ0v) is 14.8. The Labute approximate surface area is 148 Å². The lowest BCUT2D eigenvalue weighted by molar-refractivity contribution is -0.114. The van der Waals surface area contributed by atoms with Crippen molar-refractivity contribution in [2.45, 2.75) is 52.0 Å². The standard InChI is InChI=1S/C19H25N5O/c1-13-12-18(22-15-6-4-3-5-7-15)24-19(20-13)23-17-10-8-16(9-11-17)21-14(2)25/h8-12,15H,3-7H2,1-2H3,(H,21,25)(H2,20,22,23,24). The zero-order valence-electron chi connectivity index (χ0n) is 14.8. The summed E-state index contributed by atoms with van der Waals surface area (Å²) in [7, 11) is 0. The van der Waals surface area contributed by atoms with Gasteiger partial charge in [-0.05, 0) is 44.0 Å². The number of rotatable bonds is 5. The van der Waals surface area contributed by atoms with E-state index in [2.05, 4.69) is 25.9 Å². The zero-order chi connectivity index (χ0) is 17.6. The fourth-order valence-electron chi connectivity index (χ4n) is 3.12. The van der Waals surface area contributed by atoms with Gasteiger partial charge in [0.1, 0.15) is 5.82 Å². The van der Waals surface area contributed by atoms with Crippen molar-refractivity contribution in [3.05, 3.63) is 36.0 Å². The van der Waals surface area contributed by atoms with Crippen LogP contribution >= 0.6 is 0 Å². The van der Waals surface area contributed by atoms with E-state index in [0.29, 0.717) is 12.0 Å². The Balaban J connectivity index is 1.68. The first kappa shape index (κ1) is 17.2. The molecule has 25 heavy (non-hydrogen) atoms. The molecule has 1 saturated carbocycles.